The Bertz CT molecular complexity index is 889. The lowest BCUT2D eigenvalue weighted by Crippen LogP contribution is -2.57. The number of anilines is 1. The van der Waals surface area contributed by atoms with E-state index in [1.807, 2.05) is 35.2 Å². The quantitative estimate of drug-likeness (QED) is 0.665. The van der Waals surface area contributed by atoms with Gasteiger partial charge in [-0.25, -0.2) is 0 Å². The normalized spacial score (nSPS) is 18.5. The number of nitrogens with zero attached hydrogens (tertiary/aromatic N) is 2. The third-order valence-corrected chi connectivity index (χ3v) is 7.01. The number of benzene rings is 2. The molecule has 5 nitrogen and oxygen atoms in total. The second kappa shape index (κ2) is 11.0. The largest absolute Gasteiger partial charge is 0.340 e. The maximum absolute atomic E-state index is 13.3. The summed E-state index contributed by atoms with van der Waals surface area (Å²) in [4.78, 5) is 30.3. The molecule has 2 aromatic carbocycles. The number of carbonyl (C=O) groups excluding carboxylic acids is 2. The Labute approximate surface area is 195 Å². The third-order valence-electron chi connectivity index (χ3n) is 6.76. The molecule has 0 radical (unpaired) electrons. The van der Waals surface area contributed by atoms with E-state index >= 15 is 0 Å². The molecular formula is C26H32ClN3O2. The fourth-order valence-corrected chi connectivity index (χ4v) is 5.13. The van der Waals surface area contributed by atoms with E-state index in [0.717, 1.165) is 38.0 Å². The molecule has 1 saturated carbocycles. The van der Waals surface area contributed by atoms with Crippen LogP contribution in [0.5, 0.6) is 0 Å². The van der Waals surface area contributed by atoms with Gasteiger partial charge in [0.15, 0.2) is 0 Å². The molecule has 1 aliphatic heterocycles. The minimum Gasteiger partial charge on any atom is -0.340 e. The highest BCUT2D eigenvalue weighted by molar-refractivity contribution is 6.30. The van der Waals surface area contributed by atoms with Gasteiger partial charge in [0.2, 0.25) is 11.8 Å². The SMILES string of the molecule is O=C(Nc1ccc(Cl)cc1)[C@H](C1CCCC1)N1CCN(C(=O)CCc2ccccc2)CC1. The zero-order chi connectivity index (χ0) is 22.3. The molecule has 2 aromatic rings. The van der Waals surface area contributed by atoms with Crippen molar-refractivity contribution in [3.63, 3.8) is 0 Å². The second-order valence-corrected chi connectivity index (χ2v) is 9.32. The molecule has 170 valence electrons. The van der Waals surface area contributed by atoms with Gasteiger partial charge in [-0.2, -0.15) is 0 Å². The first kappa shape index (κ1) is 22.8. The smallest absolute Gasteiger partial charge is 0.242 e. The van der Waals surface area contributed by atoms with Crippen molar-refractivity contribution >= 4 is 29.1 Å². The van der Waals surface area contributed by atoms with Crippen LogP contribution in [0.4, 0.5) is 5.69 Å². The van der Waals surface area contributed by atoms with Gasteiger partial charge in [0.1, 0.15) is 0 Å². The number of aryl methyl sites for hydroxylation is 1. The van der Waals surface area contributed by atoms with Gasteiger partial charge in [-0.05, 0) is 55.0 Å². The Balaban J connectivity index is 1.34. The highest BCUT2D eigenvalue weighted by Gasteiger charge is 2.37. The van der Waals surface area contributed by atoms with Crippen LogP contribution in [0.2, 0.25) is 5.02 Å². The van der Waals surface area contributed by atoms with Crippen LogP contribution in [0.1, 0.15) is 37.7 Å². The van der Waals surface area contributed by atoms with Crippen molar-refractivity contribution in [1.29, 1.82) is 0 Å². The number of nitrogens with one attached hydrogen (secondary N) is 1. The Hall–Kier alpha value is -2.37. The number of halogens is 1. The van der Waals surface area contributed by atoms with Crippen molar-refractivity contribution in [2.45, 2.75) is 44.6 Å². The van der Waals surface area contributed by atoms with Crippen molar-refractivity contribution in [3.05, 3.63) is 65.2 Å². The number of hydrogen-bond donors (Lipinski definition) is 1. The number of hydrogen-bond acceptors (Lipinski definition) is 3. The average molecular weight is 454 g/mol. The summed E-state index contributed by atoms with van der Waals surface area (Å²) in [6, 6.07) is 17.3. The molecular weight excluding hydrogens is 422 g/mol. The number of piperazine rings is 1. The van der Waals surface area contributed by atoms with E-state index in [1.54, 1.807) is 12.1 Å². The lowest BCUT2D eigenvalue weighted by molar-refractivity contribution is -0.134. The number of amides is 2. The predicted octanol–water partition coefficient (Wildman–Crippen LogP) is 4.61. The van der Waals surface area contributed by atoms with Gasteiger partial charge in [0, 0.05) is 43.3 Å². The van der Waals surface area contributed by atoms with Crippen LogP contribution >= 0.6 is 11.6 Å². The zero-order valence-corrected chi connectivity index (χ0v) is 19.3. The zero-order valence-electron chi connectivity index (χ0n) is 18.5. The van der Waals surface area contributed by atoms with Crippen molar-refractivity contribution in [1.82, 2.24) is 9.80 Å². The van der Waals surface area contributed by atoms with Crippen molar-refractivity contribution in [2.75, 3.05) is 31.5 Å². The fourth-order valence-electron chi connectivity index (χ4n) is 5.00. The molecule has 2 aliphatic rings. The van der Waals surface area contributed by atoms with E-state index in [1.165, 1.54) is 18.4 Å². The summed E-state index contributed by atoms with van der Waals surface area (Å²) < 4.78 is 0. The molecule has 6 heteroatoms. The highest BCUT2D eigenvalue weighted by Crippen LogP contribution is 2.32. The molecule has 1 heterocycles. The molecule has 0 unspecified atom stereocenters. The standard InChI is InChI=1S/C26H32ClN3O2/c27-22-11-13-23(14-12-22)28-26(32)25(21-8-4-5-9-21)30-18-16-29(17-19-30)24(31)15-10-20-6-2-1-3-7-20/h1-3,6-7,11-14,21,25H,4-5,8-10,15-19H2,(H,28,32)/t25-/m0/s1. The molecule has 32 heavy (non-hydrogen) atoms. The first-order chi connectivity index (χ1) is 15.6. The lowest BCUT2D eigenvalue weighted by Gasteiger charge is -2.40. The van der Waals surface area contributed by atoms with Gasteiger partial charge in [-0.15, -0.1) is 0 Å². The van der Waals surface area contributed by atoms with E-state index in [4.69, 9.17) is 11.6 Å². The van der Waals surface area contributed by atoms with E-state index in [0.29, 0.717) is 30.5 Å². The van der Waals surface area contributed by atoms with Crippen LogP contribution < -0.4 is 5.32 Å². The maximum Gasteiger partial charge on any atom is 0.242 e. The van der Waals surface area contributed by atoms with E-state index in [2.05, 4.69) is 22.3 Å². The Kier molecular flexibility index (Phi) is 7.82. The monoisotopic (exact) mass is 453 g/mol. The van der Waals surface area contributed by atoms with Crippen molar-refractivity contribution in [2.24, 2.45) is 5.92 Å². The van der Waals surface area contributed by atoms with Crippen LogP contribution in [0, 0.1) is 5.92 Å². The van der Waals surface area contributed by atoms with Gasteiger partial charge in [0.05, 0.1) is 6.04 Å². The van der Waals surface area contributed by atoms with Crippen LogP contribution in [-0.4, -0.2) is 53.8 Å². The maximum atomic E-state index is 13.3. The molecule has 2 amide bonds. The van der Waals surface area contributed by atoms with Gasteiger partial charge in [-0.3, -0.25) is 14.5 Å². The third kappa shape index (κ3) is 5.90. The van der Waals surface area contributed by atoms with Crippen molar-refractivity contribution in [3.8, 4) is 0 Å². The summed E-state index contributed by atoms with van der Waals surface area (Å²) in [7, 11) is 0. The summed E-state index contributed by atoms with van der Waals surface area (Å²) >= 11 is 5.98. The Morgan fingerprint density at radius 3 is 2.25 bits per heavy atom. The molecule has 1 aliphatic carbocycles. The Morgan fingerprint density at radius 1 is 0.938 bits per heavy atom. The van der Waals surface area contributed by atoms with Gasteiger partial charge < -0.3 is 10.2 Å². The summed E-state index contributed by atoms with van der Waals surface area (Å²) in [5, 5.41) is 3.75. The molecule has 0 aromatic heterocycles. The molecule has 4 rings (SSSR count). The second-order valence-electron chi connectivity index (χ2n) is 8.89. The van der Waals surface area contributed by atoms with E-state index in [-0.39, 0.29) is 17.9 Å². The van der Waals surface area contributed by atoms with Gasteiger partial charge in [-0.1, -0.05) is 54.8 Å². The topological polar surface area (TPSA) is 52.7 Å². The molecule has 0 bridgehead atoms. The van der Waals surface area contributed by atoms with Crippen LogP contribution in [0.15, 0.2) is 54.6 Å². The first-order valence-corrected chi connectivity index (χ1v) is 12.1. The minimum atomic E-state index is -0.144. The van der Waals surface area contributed by atoms with Crippen LogP contribution in [0.3, 0.4) is 0 Å². The molecule has 0 spiro atoms. The number of rotatable bonds is 7. The fraction of sp³-hybridized carbons (Fsp3) is 0.462. The van der Waals surface area contributed by atoms with Crippen molar-refractivity contribution < 1.29 is 9.59 Å². The van der Waals surface area contributed by atoms with Gasteiger partial charge >= 0.3 is 0 Å². The minimum absolute atomic E-state index is 0.0584. The summed E-state index contributed by atoms with van der Waals surface area (Å²) in [6.07, 6.45) is 5.87. The molecule has 1 atom stereocenters. The molecule has 1 N–H and O–H groups in total. The first-order valence-electron chi connectivity index (χ1n) is 11.7. The summed E-state index contributed by atoms with van der Waals surface area (Å²) in [6.45, 7) is 2.86. The van der Waals surface area contributed by atoms with Gasteiger partial charge in [0.25, 0.3) is 0 Å². The lowest BCUT2D eigenvalue weighted by atomic mass is 9.94. The average Bonchev–Trinajstić information content (AvgIpc) is 3.34. The summed E-state index contributed by atoms with van der Waals surface area (Å²) in [5.41, 5.74) is 1.97. The van der Waals surface area contributed by atoms with E-state index < -0.39 is 0 Å². The molecule has 2 fully saturated rings. The Morgan fingerprint density at radius 2 is 1.59 bits per heavy atom. The summed E-state index contributed by atoms with van der Waals surface area (Å²) in [5.74, 6) is 0.641. The highest BCUT2D eigenvalue weighted by atomic mass is 35.5. The van der Waals surface area contributed by atoms with Crippen LogP contribution in [0.25, 0.3) is 0 Å². The van der Waals surface area contributed by atoms with Crippen LogP contribution in [-0.2, 0) is 16.0 Å². The van der Waals surface area contributed by atoms with E-state index in [9.17, 15) is 9.59 Å². The predicted molar refractivity (Wildman–Crippen MR) is 129 cm³/mol. The number of carbonyl (C=O) groups is 2. The molecule has 1 saturated heterocycles.